The summed E-state index contributed by atoms with van der Waals surface area (Å²) in [6, 6.07) is 12.0. The number of nitrogens with zero attached hydrogens (tertiary/aromatic N) is 2. The highest BCUT2D eigenvalue weighted by Gasteiger charge is 2.22. The number of aromatic nitrogens is 4. The number of halogens is 1. The van der Waals surface area contributed by atoms with Gasteiger partial charge in [-0.2, -0.15) is 10.2 Å². The van der Waals surface area contributed by atoms with Crippen LogP contribution in [0, 0.1) is 13.8 Å². The lowest BCUT2D eigenvalue weighted by Gasteiger charge is -2.11. The fourth-order valence-corrected chi connectivity index (χ4v) is 3.34. The molecule has 2 heterocycles. The molecule has 0 spiro atoms. The molecule has 0 fully saturated rings. The van der Waals surface area contributed by atoms with Crippen molar-refractivity contribution in [2.75, 3.05) is 5.73 Å². The maximum atomic E-state index is 6.69. The molecule has 0 aliphatic rings. The summed E-state index contributed by atoms with van der Waals surface area (Å²) in [6.07, 6.45) is 0. The molecule has 0 radical (unpaired) electrons. The fraction of sp³-hybridized carbons (Fsp3) is 0.111. The largest absolute Gasteiger partial charge is 0.382 e. The smallest absolute Gasteiger partial charge is 0.153 e. The molecule has 0 aliphatic carbocycles. The van der Waals surface area contributed by atoms with Crippen molar-refractivity contribution in [2.45, 2.75) is 13.8 Å². The van der Waals surface area contributed by atoms with Crippen molar-refractivity contribution in [1.29, 1.82) is 0 Å². The van der Waals surface area contributed by atoms with E-state index < -0.39 is 0 Å². The number of nitrogens with one attached hydrogen (secondary N) is 2. The molecule has 0 unspecified atom stereocenters. The van der Waals surface area contributed by atoms with Gasteiger partial charge in [-0.15, -0.1) is 0 Å². The Bertz CT molecular complexity index is 1050. The number of hydrogen-bond acceptors (Lipinski definition) is 3. The fourth-order valence-electron chi connectivity index (χ4n) is 3.10. The van der Waals surface area contributed by atoms with Gasteiger partial charge in [0.2, 0.25) is 0 Å². The number of nitrogens with two attached hydrogens (primary N) is 1. The van der Waals surface area contributed by atoms with E-state index in [1.165, 1.54) is 0 Å². The SMILES string of the molecule is Cc1cc2[nH]nc(N)c2c(-c2c(-c3ccccc3)n[nH]c2C)c1Cl. The van der Waals surface area contributed by atoms with Crippen LogP contribution < -0.4 is 5.73 Å². The standard InChI is InChI=1S/C18H16ClN5/c1-9-8-12-14(18(20)24-22-12)15(16(9)19)13-10(2)21-23-17(13)11-6-4-3-5-7-11/h3-8H,1-2H3,(H,21,23)(H3,20,22,24). The Morgan fingerprint density at radius 3 is 2.50 bits per heavy atom. The highest BCUT2D eigenvalue weighted by molar-refractivity contribution is 6.36. The maximum absolute atomic E-state index is 6.69. The minimum Gasteiger partial charge on any atom is -0.382 e. The molecule has 0 saturated carbocycles. The normalized spacial score (nSPS) is 11.3. The number of H-pyrrole nitrogens is 2. The van der Waals surface area contributed by atoms with Gasteiger partial charge in [0.15, 0.2) is 5.82 Å². The van der Waals surface area contributed by atoms with Crippen LogP contribution in [0.1, 0.15) is 11.3 Å². The van der Waals surface area contributed by atoms with Gasteiger partial charge in [-0.3, -0.25) is 10.2 Å². The molecule has 6 heteroatoms. The number of hydrogen-bond donors (Lipinski definition) is 3. The van der Waals surface area contributed by atoms with Crippen LogP contribution in [0.5, 0.6) is 0 Å². The van der Waals surface area contributed by atoms with Crippen LogP contribution in [0.4, 0.5) is 5.82 Å². The lowest BCUT2D eigenvalue weighted by atomic mass is 9.94. The molecule has 0 amide bonds. The molecule has 0 saturated heterocycles. The summed E-state index contributed by atoms with van der Waals surface area (Å²) < 4.78 is 0. The predicted molar refractivity (Wildman–Crippen MR) is 98.0 cm³/mol. The summed E-state index contributed by atoms with van der Waals surface area (Å²) in [4.78, 5) is 0. The highest BCUT2D eigenvalue weighted by Crippen LogP contribution is 2.43. The quantitative estimate of drug-likeness (QED) is 0.504. The third-order valence-corrected chi connectivity index (χ3v) is 4.73. The molecule has 4 rings (SSSR count). The van der Waals surface area contributed by atoms with Gasteiger partial charge in [0.1, 0.15) is 5.69 Å². The minimum absolute atomic E-state index is 0.432. The number of benzene rings is 2. The molecule has 5 nitrogen and oxygen atoms in total. The van der Waals surface area contributed by atoms with Gasteiger partial charge in [-0.05, 0) is 25.5 Å². The van der Waals surface area contributed by atoms with Crippen molar-refractivity contribution >= 4 is 28.3 Å². The number of nitrogen functional groups attached to an aromatic ring is 1. The molecule has 4 aromatic rings. The monoisotopic (exact) mass is 337 g/mol. The summed E-state index contributed by atoms with van der Waals surface area (Å²) in [5, 5.41) is 16.2. The zero-order chi connectivity index (χ0) is 16.8. The van der Waals surface area contributed by atoms with Gasteiger partial charge in [0.25, 0.3) is 0 Å². The van der Waals surface area contributed by atoms with Gasteiger partial charge in [0, 0.05) is 22.4 Å². The van der Waals surface area contributed by atoms with Gasteiger partial charge in [-0.1, -0.05) is 41.9 Å². The van der Waals surface area contributed by atoms with E-state index >= 15 is 0 Å². The maximum Gasteiger partial charge on any atom is 0.153 e. The first-order chi connectivity index (χ1) is 11.6. The average Bonchev–Trinajstić information content (AvgIpc) is 3.14. The van der Waals surface area contributed by atoms with Crippen LogP contribution in [-0.4, -0.2) is 20.4 Å². The highest BCUT2D eigenvalue weighted by atomic mass is 35.5. The molecule has 24 heavy (non-hydrogen) atoms. The number of rotatable bonds is 2. The van der Waals surface area contributed by atoms with E-state index in [4.69, 9.17) is 17.3 Å². The third-order valence-electron chi connectivity index (χ3n) is 4.24. The van der Waals surface area contributed by atoms with Gasteiger partial charge in [0.05, 0.1) is 15.9 Å². The molecule has 0 bridgehead atoms. The van der Waals surface area contributed by atoms with Crippen molar-refractivity contribution in [3.05, 3.63) is 52.7 Å². The van der Waals surface area contributed by atoms with Crippen molar-refractivity contribution in [3.8, 4) is 22.4 Å². The van der Waals surface area contributed by atoms with Crippen LogP contribution in [0.25, 0.3) is 33.3 Å². The van der Waals surface area contributed by atoms with E-state index in [1.807, 2.05) is 50.2 Å². The zero-order valence-electron chi connectivity index (χ0n) is 13.3. The topological polar surface area (TPSA) is 83.4 Å². The summed E-state index contributed by atoms with van der Waals surface area (Å²) in [5.74, 6) is 0.432. The Morgan fingerprint density at radius 1 is 1.00 bits per heavy atom. The second-order valence-electron chi connectivity index (χ2n) is 5.85. The van der Waals surface area contributed by atoms with E-state index in [1.54, 1.807) is 0 Å². The zero-order valence-corrected chi connectivity index (χ0v) is 14.1. The van der Waals surface area contributed by atoms with E-state index in [2.05, 4.69) is 20.4 Å². The predicted octanol–water partition coefficient (Wildman–Crippen LogP) is 4.47. The van der Waals surface area contributed by atoms with Crippen LogP contribution in [0.2, 0.25) is 5.02 Å². The van der Waals surface area contributed by atoms with Crippen molar-refractivity contribution < 1.29 is 0 Å². The second-order valence-corrected chi connectivity index (χ2v) is 6.23. The van der Waals surface area contributed by atoms with Crippen molar-refractivity contribution in [3.63, 3.8) is 0 Å². The summed E-state index contributed by atoms with van der Waals surface area (Å²) >= 11 is 6.69. The Morgan fingerprint density at radius 2 is 1.75 bits per heavy atom. The van der Waals surface area contributed by atoms with Crippen LogP contribution in [0.3, 0.4) is 0 Å². The molecule has 120 valence electrons. The lowest BCUT2D eigenvalue weighted by Crippen LogP contribution is -1.92. The Balaban J connectivity index is 2.12. The summed E-state index contributed by atoms with van der Waals surface area (Å²) in [5.41, 5.74) is 12.6. The van der Waals surface area contributed by atoms with Crippen molar-refractivity contribution in [1.82, 2.24) is 20.4 Å². The molecular formula is C18H16ClN5. The Hall–Kier alpha value is -2.79. The Kier molecular flexibility index (Phi) is 3.32. The first-order valence-corrected chi connectivity index (χ1v) is 7.99. The second kappa shape index (κ2) is 5.39. The van der Waals surface area contributed by atoms with Gasteiger partial charge < -0.3 is 5.73 Å². The third kappa shape index (κ3) is 2.09. The first kappa shape index (κ1) is 14.8. The van der Waals surface area contributed by atoms with Crippen LogP contribution in [0.15, 0.2) is 36.4 Å². The van der Waals surface area contributed by atoms with E-state index in [-0.39, 0.29) is 0 Å². The van der Waals surface area contributed by atoms with E-state index in [0.717, 1.165) is 44.5 Å². The number of aryl methyl sites for hydroxylation is 2. The lowest BCUT2D eigenvalue weighted by molar-refractivity contribution is 1.05. The van der Waals surface area contributed by atoms with Gasteiger partial charge in [-0.25, -0.2) is 0 Å². The molecule has 2 aromatic carbocycles. The number of aromatic amines is 2. The van der Waals surface area contributed by atoms with Crippen LogP contribution >= 0.6 is 11.6 Å². The summed E-state index contributed by atoms with van der Waals surface area (Å²) in [6.45, 7) is 3.95. The summed E-state index contributed by atoms with van der Waals surface area (Å²) in [7, 11) is 0. The molecule has 4 N–H and O–H groups in total. The minimum atomic E-state index is 0.432. The number of fused-ring (bicyclic) bond motifs is 1. The van der Waals surface area contributed by atoms with E-state index in [9.17, 15) is 0 Å². The van der Waals surface area contributed by atoms with E-state index in [0.29, 0.717) is 10.8 Å². The van der Waals surface area contributed by atoms with Crippen LogP contribution in [-0.2, 0) is 0 Å². The first-order valence-electron chi connectivity index (χ1n) is 7.61. The Labute approximate surface area is 143 Å². The van der Waals surface area contributed by atoms with Crippen molar-refractivity contribution in [2.24, 2.45) is 0 Å². The average molecular weight is 338 g/mol. The molecule has 0 atom stereocenters. The number of anilines is 1. The molecule has 2 aromatic heterocycles. The molecular weight excluding hydrogens is 322 g/mol. The van der Waals surface area contributed by atoms with Gasteiger partial charge >= 0.3 is 0 Å². The molecule has 0 aliphatic heterocycles.